The highest BCUT2D eigenvalue weighted by Gasteiger charge is 2.03. The van der Waals surface area contributed by atoms with Crippen molar-refractivity contribution in [1.82, 2.24) is 5.32 Å². The highest BCUT2D eigenvalue weighted by atomic mass is 35.5. The fourth-order valence-electron chi connectivity index (χ4n) is 1.95. The van der Waals surface area contributed by atoms with Crippen LogP contribution in [0.2, 0.25) is 10.0 Å². The van der Waals surface area contributed by atoms with Gasteiger partial charge in [0.25, 0.3) is 0 Å². The zero-order valence-electron chi connectivity index (χ0n) is 12.4. The second-order valence-electron chi connectivity index (χ2n) is 4.84. The number of hydrogen-bond donors (Lipinski definition) is 1. The first-order valence-electron chi connectivity index (χ1n) is 7.04. The third kappa shape index (κ3) is 5.50. The fourth-order valence-corrected chi connectivity index (χ4v) is 2.42. The fraction of sp³-hybridized carbons (Fsp3) is 0.294. The third-order valence-electron chi connectivity index (χ3n) is 3.12. The molecule has 2 rings (SSSR count). The third-order valence-corrected chi connectivity index (χ3v) is 3.71. The largest absolute Gasteiger partial charge is 0.489 e. The van der Waals surface area contributed by atoms with Gasteiger partial charge in [-0.15, -0.1) is 0 Å². The number of ether oxygens (including phenoxy) is 2. The molecule has 0 radical (unpaired) electrons. The maximum Gasteiger partial charge on any atom is 0.120 e. The van der Waals surface area contributed by atoms with E-state index in [-0.39, 0.29) is 0 Å². The van der Waals surface area contributed by atoms with Gasteiger partial charge in [0.2, 0.25) is 0 Å². The van der Waals surface area contributed by atoms with Crippen molar-refractivity contribution in [2.24, 2.45) is 0 Å². The summed E-state index contributed by atoms with van der Waals surface area (Å²) >= 11 is 12.0. The zero-order chi connectivity index (χ0) is 15.8. The maximum absolute atomic E-state index is 6.14. The lowest BCUT2D eigenvalue weighted by atomic mass is 10.2. The monoisotopic (exact) mass is 339 g/mol. The minimum atomic E-state index is 0.413. The Labute approximate surface area is 141 Å². The van der Waals surface area contributed by atoms with Gasteiger partial charge in [-0.1, -0.05) is 41.4 Å². The first kappa shape index (κ1) is 17.1. The van der Waals surface area contributed by atoms with Gasteiger partial charge in [-0.3, -0.25) is 0 Å². The van der Waals surface area contributed by atoms with Crippen molar-refractivity contribution in [1.29, 1.82) is 0 Å². The quantitative estimate of drug-likeness (QED) is 0.727. The highest BCUT2D eigenvalue weighted by molar-refractivity contribution is 6.35. The smallest absolute Gasteiger partial charge is 0.120 e. The number of halogens is 2. The van der Waals surface area contributed by atoms with Crippen molar-refractivity contribution in [2.75, 3.05) is 20.3 Å². The lowest BCUT2D eigenvalue weighted by Crippen LogP contribution is -2.18. The molecule has 3 nitrogen and oxygen atoms in total. The van der Waals surface area contributed by atoms with E-state index in [1.807, 2.05) is 30.3 Å². The second-order valence-corrected chi connectivity index (χ2v) is 5.69. The Morgan fingerprint density at radius 1 is 1.09 bits per heavy atom. The van der Waals surface area contributed by atoms with Crippen molar-refractivity contribution in [3.8, 4) is 5.75 Å². The van der Waals surface area contributed by atoms with Gasteiger partial charge in [-0.05, 0) is 29.8 Å². The Kier molecular flexibility index (Phi) is 7.00. The van der Waals surface area contributed by atoms with E-state index in [0.29, 0.717) is 23.3 Å². The molecule has 5 heteroatoms. The summed E-state index contributed by atoms with van der Waals surface area (Å²) in [5.74, 6) is 0.817. The Bertz CT molecular complexity index is 605. The Balaban J connectivity index is 1.89. The van der Waals surface area contributed by atoms with E-state index in [1.165, 1.54) is 0 Å². The Morgan fingerprint density at radius 3 is 2.73 bits per heavy atom. The van der Waals surface area contributed by atoms with E-state index in [1.54, 1.807) is 13.2 Å². The van der Waals surface area contributed by atoms with Gasteiger partial charge in [-0.2, -0.15) is 0 Å². The SMILES string of the molecule is COCCNCc1cccc(OCc2ccc(Cl)cc2Cl)c1. The summed E-state index contributed by atoms with van der Waals surface area (Å²) in [6.45, 7) is 2.71. The minimum Gasteiger partial charge on any atom is -0.489 e. The van der Waals surface area contributed by atoms with Crippen LogP contribution < -0.4 is 10.1 Å². The molecule has 0 saturated carbocycles. The number of nitrogens with one attached hydrogen (secondary N) is 1. The van der Waals surface area contributed by atoms with Crippen LogP contribution in [0.3, 0.4) is 0 Å². The van der Waals surface area contributed by atoms with Crippen LogP contribution in [0.15, 0.2) is 42.5 Å². The molecule has 0 atom stereocenters. The minimum absolute atomic E-state index is 0.413. The molecule has 0 aliphatic rings. The van der Waals surface area contributed by atoms with Crippen molar-refractivity contribution < 1.29 is 9.47 Å². The van der Waals surface area contributed by atoms with Gasteiger partial charge in [0.05, 0.1) is 6.61 Å². The molecule has 2 aromatic carbocycles. The molecule has 1 N–H and O–H groups in total. The summed E-state index contributed by atoms with van der Waals surface area (Å²) in [6.07, 6.45) is 0. The maximum atomic E-state index is 6.14. The molecule has 0 amide bonds. The number of benzene rings is 2. The van der Waals surface area contributed by atoms with Crippen LogP contribution in [0.4, 0.5) is 0 Å². The van der Waals surface area contributed by atoms with E-state index < -0.39 is 0 Å². The van der Waals surface area contributed by atoms with E-state index in [2.05, 4.69) is 11.4 Å². The molecule has 118 valence electrons. The summed E-state index contributed by atoms with van der Waals surface area (Å²) in [4.78, 5) is 0. The van der Waals surface area contributed by atoms with Crippen LogP contribution in [0.25, 0.3) is 0 Å². The molecule has 0 heterocycles. The van der Waals surface area contributed by atoms with Crippen molar-refractivity contribution >= 4 is 23.2 Å². The number of rotatable bonds is 8. The summed E-state index contributed by atoms with van der Waals surface area (Å²) in [5.41, 5.74) is 2.07. The first-order chi connectivity index (χ1) is 10.7. The molecule has 0 fully saturated rings. The molecule has 0 spiro atoms. The van der Waals surface area contributed by atoms with Crippen LogP contribution in [0.1, 0.15) is 11.1 Å². The van der Waals surface area contributed by atoms with Gasteiger partial charge >= 0.3 is 0 Å². The topological polar surface area (TPSA) is 30.5 Å². The molecular formula is C17H19Cl2NO2. The Hall–Kier alpha value is -1.26. The number of methoxy groups -OCH3 is 1. The Morgan fingerprint density at radius 2 is 1.95 bits per heavy atom. The summed E-state index contributed by atoms with van der Waals surface area (Å²) in [5, 5.41) is 4.54. The average Bonchev–Trinajstić information content (AvgIpc) is 2.51. The lowest BCUT2D eigenvalue weighted by Gasteiger charge is -2.10. The van der Waals surface area contributed by atoms with Crippen molar-refractivity contribution in [3.63, 3.8) is 0 Å². The van der Waals surface area contributed by atoms with Gasteiger partial charge in [0, 0.05) is 35.8 Å². The summed E-state index contributed by atoms with van der Waals surface area (Å²) in [7, 11) is 1.69. The molecule has 22 heavy (non-hydrogen) atoms. The van der Waals surface area contributed by atoms with Crippen LogP contribution in [-0.2, 0) is 17.9 Å². The van der Waals surface area contributed by atoms with Crippen LogP contribution in [0, 0.1) is 0 Å². The molecule has 0 aliphatic heterocycles. The second kappa shape index (κ2) is 9.01. The molecule has 0 unspecified atom stereocenters. The van der Waals surface area contributed by atoms with E-state index in [0.717, 1.165) is 30.0 Å². The lowest BCUT2D eigenvalue weighted by molar-refractivity contribution is 0.199. The van der Waals surface area contributed by atoms with Gasteiger partial charge in [0.1, 0.15) is 12.4 Å². The average molecular weight is 340 g/mol. The van der Waals surface area contributed by atoms with E-state index >= 15 is 0 Å². The van der Waals surface area contributed by atoms with E-state index in [9.17, 15) is 0 Å². The van der Waals surface area contributed by atoms with E-state index in [4.69, 9.17) is 32.7 Å². The molecule has 0 bridgehead atoms. The molecule has 2 aromatic rings. The molecule has 0 aromatic heterocycles. The first-order valence-corrected chi connectivity index (χ1v) is 7.80. The molecule has 0 saturated heterocycles. The van der Waals surface area contributed by atoms with Gasteiger partial charge in [0.15, 0.2) is 0 Å². The van der Waals surface area contributed by atoms with Crippen LogP contribution >= 0.6 is 23.2 Å². The van der Waals surface area contributed by atoms with Crippen LogP contribution in [-0.4, -0.2) is 20.3 Å². The molecular weight excluding hydrogens is 321 g/mol. The van der Waals surface area contributed by atoms with Gasteiger partial charge < -0.3 is 14.8 Å². The van der Waals surface area contributed by atoms with Crippen molar-refractivity contribution in [2.45, 2.75) is 13.2 Å². The van der Waals surface area contributed by atoms with Gasteiger partial charge in [-0.25, -0.2) is 0 Å². The molecule has 0 aliphatic carbocycles. The number of hydrogen-bond acceptors (Lipinski definition) is 3. The summed E-state index contributed by atoms with van der Waals surface area (Å²) in [6, 6.07) is 13.4. The van der Waals surface area contributed by atoms with Crippen LogP contribution in [0.5, 0.6) is 5.75 Å². The zero-order valence-corrected chi connectivity index (χ0v) is 14.0. The normalized spacial score (nSPS) is 10.7. The predicted molar refractivity (Wildman–Crippen MR) is 90.8 cm³/mol. The highest BCUT2D eigenvalue weighted by Crippen LogP contribution is 2.23. The standard InChI is InChI=1S/C17H19Cl2NO2/c1-21-8-7-20-11-13-3-2-4-16(9-13)22-12-14-5-6-15(18)10-17(14)19/h2-6,9-10,20H,7-8,11-12H2,1H3. The summed E-state index contributed by atoms with van der Waals surface area (Å²) < 4.78 is 10.8. The van der Waals surface area contributed by atoms with Crippen molar-refractivity contribution in [3.05, 3.63) is 63.6 Å². The predicted octanol–water partition coefficient (Wildman–Crippen LogP) is 4.31.